The van der Waals surface area contributed by atoms with E-state index in [2.05, 4.69) is 15.3 Å². The number of ether oxygens (including phenoxy) is 1. The van der Waals surface area contributed by atoms with Crippen LogP contribution < -0.4 is 15.2 Å². The van der Waals surface area contributed by atoms with Crippen LogP contribution in [0.4, 0.5) is 17.1 Å². The maximum atomic E-state index is 12.7. The summed E-state index contributed by atoms with van der Waals surface area (Å²) in [6.07, 6.45) is 0.592. The van der Waals surface area contributed by atoms with Crippen molar-refractivity contribution in [3.8, 4) is 0 Å². The van der Waals surface area contributed by atoms with Crippen LogP contribution in [-0.2, 0) is 14.3 Å². The molecule has 0 aliphatic carbocycles. The van der Waals surface area contributed by atoms with Gasteiger partial charge in [0.05, 0.1) is 18.9 Å². The third kappa shape index (κ3) is 4.46. The molecule has 2 aliphatic rings. The molecule has 2 aliphatic heterocycles. The topological polar surface area (TPSA) is 74.2 Å². The Morgan fingerprint density at radius 2 is 1.79 bits per heavy atom. The smallest absolute Gasteiger partial charge is 0.271 e. The van der Waals surface area contributed by atoms with Gasteiger partial charge in [-0.1, -0.05) is 12.1 Å². The van der Waals surface area contributed by atoms with Gasteiger partial charge < -0.3 is 15.0 Å². The minimum Gasteiger partial charge on any atom is -0.378 e. The molecular formula is C22H24N4O3. The monoisotopic (exact) mass is 392 g/mol. The minimum absolute atomic E-state index is 0.109. The molecule has 1 fully saturated rings. The Balaban J connectivity index is 1.46. The van der Waals surface area contributed by atoms with Crippen molar-refractivity contribution >= 4 is 34.6 Å². The number of carbonyl (C=O) groups is 2. The molecule has 0 radical (unpaired) electrons. The fraction of sp³-hybridized carbons (Fsp3) is 0.318. The highest BCUT2D eigenvalue weighted by Crippen LogP contribution is 2.22. The van der Waals surface area contributed by atoms with Crippen LogP contribution in [0.5, 0.6) is 0 Å². The fourth-order valence-corrected chi connectivity index (χ4v) is 3.46. The zero-order valence-corrected chi connectivity index (χ0v) is 16.4. The number of morpholine rings is 1. The van der Waals surface area contributed by atoms with Crippen molar-refractivity contribution in [2.45, 2.75) is 19.8 Å². The zero-order chi connectivity index (χ0) is 20.2. The normalized spacial score (nSPS) is 17.1. The Labute approximate surface area is 169 Å². The second-order valence-electron chi connectivity index (χ2n) is 7.19. The summed E-state index contributed by atoms with van der Waals surface area (Å²) in [6, 6.07) is 15.3. The molecule has 0 bridgehead atoms. The number of rotatable bonds is 4. The van der Waals surface area contributed by atoms with E-state index in [9.17, 15) is 9.59 Å². The van der Waals surface area contributed by atoms with Crippen LogP contribution in [0.25, 0.3) is 0 Å². The van der Waals surface area contributed by atoms with Crippen molar-refractivity contribution in [3.63, 3.8) is 0 Å². The van der Waals surface area contributed by atoms with E-state index in [1.54, 1.807) is 0 Å². The molecule has 2 amide bonds. The number of hydrazone groups is 1. The fourth-order valence-electron chi connectivity index (χ4n) is 3.46. The van der Waals surface area contributed by atoms with E-state index in [-0.39, 0.29) is 18.2 Å². The maximum absolute atomic E-state index is 12.7. The van der Waals surface area contributed by atoms with Gasteiger partial charge in [-0.15, -0.1) is 0 Å². The summed E-state index contributed by atoms with van der Waals surface area (Å²) >= 11 is 0. The van der Waals surface area contributed by atoms with Gasteiger partial charge in [0, 0.05) is 37.3 Å². The molecule has 0 saturated carbocycles. The van der Waals surface area contributed by atoms with E-state index >= 15 is 0 Å². The molecule has 1 saturated heterocycles. The first-order chi connectivity index (χ1) is 14.1. The number of anilines is 3. The second kappa shape index (κ2) is 8.45. The molecule has 0 spiro atoms. The van der Waals surface area contributed by atoms with Gasteiger partial charge in [-0.25, -0.2) is 5.01 Å². The average molecular weight is 392 g/mol. The van der Waals surface area contributed by atoms with Gasteiger partial charge in [-0.2, -0.15) is 5.10 Å². The summed E-state index contributed by atoms with van der Waals surface area (Å²) in [5, 5.41) is 8.54. The molecule has 29 heavy (non-hydrogen) atoms. The maximum Gasteiger partial charge on any atom is 0.271 e. The van der Waals surface area contributed by atoms with Crippen molar-refractivity contribution in [1.29, 1.82) is 0 Å². The van der Waals surface area contributed by atoms with Gasteiger partial charge >= 0.3 is 0 Å². The van der Waals surface area contributed by atoms with Crippen LogP contribution >= 0.6 is 0 Å². The number of nitrogens with zero attached hydrogens (tertiary/aromatic N) is 3. The summed E-state index contributed by atoms with van der Waals surface area (Å²) in [4.78, 5) is 27.2. The molecule has 2 aromatic rings. The standard InChI is InChI=1S/C22H24N4O3/c1-16-3-2-4-19(15-16)26-21(27)10-9-20(24-26)22(28)23-17-5-7-18(8-6-17)25-11-13-29-14-12-25/h2-8,15H,9-14H2,1H3,(H,23,28). The number of hydrogen-bond donors (Lipinski definition) is 1. The third-order valence-corrected chi connectivity index (χ3v) is 5.04. The van der Waals surface area contributed by atoms with Crippen LogP contribution in [0.15, 0.2) is 53.6 Å². The lowest BCUT2D eigenvalue weighted by molar-refractivity contribution is -0.118. The lowest BCUT2D eigenvalue weighted by Gasteiger charge is -2.29. The molecule has 7 heteroatoms. The molecule has 2 heterocycles. The van der Waals surface area contributed by atoms with Crippen molar-refractivity contribution in [1.82, 2.24) is 0 Å². The molecule has 2 aromatic carbocycles. The first-order valence-electron chi connectivity index (χ1n) is 9.81. The van der Waals surface area contributed by atoms with E-state index in [0.717, 1.165) is 37.6 Å². The lowest BCUT2D eigenvalue weighted by atomic mass is 10.1. The number of benzene rings is 2. The first-order valence-corrected chi connectivity index (χ1v) is 9.81. The summed E-state index contributed by atoms with van der Waals surface area (Å²) in [5.74, 6) is -0.392. The summed E-state index contributed by atoms with van der Waals surface area (Å²) in [6.45, 7) is 5.15. The summed E-state index contributed by atoms with van der Waals surface area (Å²) in [5.41, 5.74) is 3.87. The van der Waals surface area contributed by atoms with Crippen LogP contribution in [0.3, 0.4) is 0 Å². The van der Waals surface area contributed by atoms with Crippen LogP contribution in [0.1, 0.15) is 18.4 Å². The second-order valence-corrected chi connectivity index (χ2v) is 7.19. The van der Waals surface area contributed by atoms with Gasteiger partial charge in [-0.3, -0.25) is 9.59 Å². The quantitative estimate of drug-likeness (QED) is 0.868. The highest BCUT2D eigenvalue weighted by Gasteiger charge is 2.25. The van der Waals surface area contributed by atoms with E-state index in [0.29, 0.717) is 23.5 Å². The molecule has 150 valence electrons. The molecule has 1 N–H and O–H groups in total. The molecule has 0 unspecified atom stereocenters. The predicted molar refractivity (Wildman–Crippen MR) is 113 cm³/mol. The van der Waals surface area contributed by atoms with Crippen LogP contribution in [-0.4, -0.2) is 43.8 Å². The van der Waals surface area contributed by atoms with Gasteiger partial charge in [0.15, 0.2) is 0 Å². The minimum atomic E-state index is -0.283. The van der Waals surface area contributed by atoms with Crippen LogP contribution in [0, 0.1) is 6.92 Å². The number of nitrogens with one attached hydrogen (secondary N) is 1. The zero-order valence-electron chi connectivity index (χ0n) is 16.4. The van der Waals surface area contributed by atoms with Crippen LogP contribution in [0.2, 0.25) is 0 Å². The summed E-state index contributed by atoms with van der Waals surface area (Å²) in [7, 11) is 0. The molecule has 0 aromatic heterocycles. The van der Waals surface area contributed by atoms with E-state index in [4.69, 9.17) is 4.74 Å². The van der Waals surface area contributed by atoms with Crippen molar-refractivity contribution in [2.75, 3.05) is 41.5 Å². The highest BCUT2D eigenvalue weighted by atomic mass is 16.5. The number of hydrogen-bond acceptors (Lipinski definition) is 5. The molecule has 4 rings (SSSR count). The summed E-state index contributed by atoms with van der Waals surface area (Å²) < 4.78 is 5.38. The van der Waals surface area contributed by atoms with Gasteiger partial charge in [-0.05, 0) is 48.9 Å². The average Bonchev–Trinajstić information content (AvgIpc) is 2.75. The lowest BCUT2D eigenvalue weighted by Crippen LogP contribution is -2.36. The van der Waals surface area contributed by atoms with Crippen molar-refractivity contribution < 1.29 is 14.3 Å². The SMILES string of the molecule is Cc1cccc(N2N=C(C(=O)Nc3ccc(N4CCOCC4)cc3)CCC2=O)c1. The number of aryl methyl sites for hydroxylation is 1. The molecule has 0 atom stereocenters. The van der Waals surface area contributed by atoms with Gasteiger partial charge in [0.25, 0.3) is 5.91 Å². The van der Waals surface area contributed by atoms with E-state index < -0.39 is 0 Å². The van der Waals surface area contributed by atoms with E-state index in [1.807, 2.05) is 55.5 Å². The Morgan fingerprint density at radius 1 is 1.03 bits per heavy atom. The van der Waals surface area contributed by atoms with Gasteiger partial charge in [0.1, 0.15) is 5.71 Å². The molecule has 7 nitrogen and oxygen atoms in total. The first kappa shape index (κ1) is 19.1. The Bertz CT molecular complexity index is 933. The van der Waals surface area contributed by atoms with Gasteiger partial charge in [0.2, 0.25) is 5.91 Å². The predicted octanol–water partition coefficient (Wildman–Crippen LogP) is 2.95. The Kier molecular flexibility index (Phi) is 5.57. The third-order valence-electron chi connectivity index (χ3n) is 5.04. The number of carbonyl (C=O) groups excluding carboxylic acids is 2. The van der Waals surface area contributed by atoms with Crippen molar-refractivity contribution in [3.05, 3.63) is 54.1 Å². The molecular weight excluding hydrogens is 368 g/mol. The number of amides is 2. The Hall–Kier alpha value is -3.19. The largest absolute Gasteiger partial charge is 0.378 e. The highest BCUT2D eigenvalue weighted by molar-refractivity contribution is 6.44. The van der Waals surface area contributed by atoms with E-state index in [1.165, 1.54) is 5.01 Å². The Morgan fingerprint density at radius 3 is 2.52 bits per heavy atom. The van der Waals surface area contributed by atoms with Crippen molar-refractivity contribution in [2.24, 2.45) is 5.10 Å².